The number of piperazine rings is 1. The summed E-state index contributed by atoms with van der Waals surface area (Å²) >= 11 is 0. The third-order valence-electron chi connectivity index (χ3n) is 5.09. The zero-order chi connectivity index (χ0) is 19.6. The standard InChI is InChI=1S/C21H31N5O2/c1-22-21(23-11-4-3-5-18-6-8-20(27-2)9-7-18)26-14-12-25(13-15-26)17-19-10-16-28-24-19/h6-10,16H,3-5,11-15,17H2,1-2H3,(H,22,23). The van der Waals surface area contributed by atoms with E-state index in [1.807, 2.05) is 25.2 Å². The van der Waals surface area contributed by atoms with Crippen molar-refractivity contribution in [1.82, 2.24) is 20.3 Å². The Morgan fingerprint density at radius 3 is 2.57 bits per heavy atom. The first kappa shape index (κ1) is 20.2. The number of aryl methyl sites for hydroxylation is 1. The maximum Gasteiger partial charge on any atom is 0.193 e. The van der Waals surface area contributed by atoms with E-state index in [2.05, 4.69) is 37.4 Å². The lowest BCUT2D eigenvalue weighted by atomic mass is 10.1. The van der Waals surface area contributed by atoms with Gasteiger partial charge in [0.05, 0.1) is 12.8 Å². The van der Waals surface area contributed by atoms with Crippen LogP contribution in [0, 0.1) is 0 Å². The quantitative estimate of drug-likeness (QED) is 0.428. The predicted molar refractivity (Wildman–Crippen MR) is 111 cm³/mol. The smallest absolute Gasteiger partial charge is 0.193 e. The maximum atomic E-state index is 5.20. The van der Waals surface area contributed by atoms with E-state index in [9.17, 15) is 0 Å². The van der Waals surface area contributed by atoms with E-state index < -0.39 is 0 Å². The second-order valence-electron chi connectivity index (χ2n) is 7.03. The Bertz CT molecular complexity index is 707. The number of aromatic nitrogens is 1. The predicted octanol–water partition coefficient (Wildman–Crippen LogP) is 2.40. The summed E-state index contributed by atoms with van der Waals surface area (Å²) < 4.78 is 10.1. The van der Waals surface area contributed by atoms with E-state index in [-0.39, 0.29) is 0 Å². The number of hydrogen-bond donors (Lipinski definition) is 1. The van der Waals surface area contributed by atoms with Crippen LogP contribution in [0.25, 0.3) is 0 Å². The van der Waals surface area contributed by atoms with Crippen LogP contribution < -0.4 is 10.1 Å². The molecule has 28 heavy (non-hydrogen) atoms. The van der Waals surface area contributed by atoms with Crippen molar-refractivity contribution in [2.45, 2.75) is 25.8 Å². The Kier molecular flexibility index (Phi) is 7.72. The molecule has 0 atom stereocenters. The van der Waals surface area contributed by atoms with Crippen LogP contribution in [-0.2, 0) is 13.0 Å². The molecule has 0 spiro atoms. The zero-order valence-corrected chi connectivity index (χ0v) is 16.9. The van der Waals surface area contributed by atoms with Gasteiger partial charge in [-0.3, -0.25) is 9.89 Å². The van der Waals surface area contributed by atoms with Crippen molar-refractivity contribution in [2.24, 2.45) is 4.99 Å². The second-order valence-corrected chi connectivity index (χ2v) is 7.03. The third kappa shape index (κ3) is 5.99. The van der Waals surface area contributed by atoms with Gasteiger partial charge in [0.1, 0.15) is 12.0 Å². The highest BCUT2D eigenvalue weighted by molar-refractivity contribution is 5.79. The molecule has 1 aliphatic heterocycles. The number of unbranched alkanes of at least 4 members (excludes halogenated alkanes) is 1. The van der Waals surface area contributed by atoms with Crippen LogP contribution in [-0.4, -0.2) is 67.8 Å². The van der Waals surface area contributed by atoms with Gasteiger partial charge in [-0.2, -0.15) is 0 Å². The van der Waals surface area contributed by atoms with Crippen LogP contribution in [0.15, 0.2) is 46.1 Å². The van der Waals surface area contributed by atoms with Gasteiger partial charge in [0, 0.05) is 52.4 Å². The summed E-state index contributed by atoms with van der Waals surface area (Å²) in [6, 6.07) is 10.3. The van der Waals surface area contributed by atoms with Crippen LogP contribution in [0.1, 0.15) is 24.1 Å². The fraction of sp³-hybridized carbons (Fsp3) is 0.524. The minimum Gasteiger partial charge on any atom is -0.497 e. The second kappa shape index (κ2) is 10.7. The summed E-state index contributed by atoms with van der Waals surface area (Å²) in [5.41, 5.74) is 2.35. The lowest BCUT2D eigenvalue weighted by Gasteiger charge is -2.36. The Hall–Kier alpha value is -2.54. The average molecular weight is 386 g/mol. The molecule has 0 radical (unpaired) electrons. The highest BCUT2D eigenvalue weighted by atomic mass is 16.5. The van der Waals surface area contributed by atoms with Crippen molar-refractivity contribution in [3.63, 3.8) is 0 Å². The maximum absolute atomic E-state index is 5.20. The van der Waals surface area contributed by atoms with Crippen LogP contribution in [0.5, 0.6) is 5.75 Å². The number of methoxy groups -OCH3 is 1. The summed E-state index contributed by atoms with van der Waals surface area (Å²) in [5.74, 6) is 1.92. The normalized spacial score (nSPS) is 15.6. The molecule has 0 amide bonds. The number of nitrogens with zero attached hydrogens (tertiary/aromatic N) is 4. The molecule has 3 rings (SSSR count). The monoisotopic (exact) mass is 385 g/mol. The molecule has 0 bridgehead atoms. The third-order valence-corrected chi connectivity index (χ3v) is 5.09. The molecule has 1 saturated heterocycles. The van der Waals surface area contributed by atoms with Crippen LogP contribution in [0.4, 0.5) is 0 Å². The number of benzene rings is 1. The van der Waals surface area contributed by atoms with Crippen LogP contribution >= 0.6 is 0 Å². The molecular weight excluding hydrogens is 354 g/mol. The molecule has 0 saturated carbocycles. The summed E-state index contributed by atoms with van der Waals surface area (Å²) in [4.78, 5) is 9.19. The van der Waals surface area contributed by atoms with E-state index >= 15 is 0 Å². The molecule has 152 valence electrons. The van der Waals surface area contributed by atoms with Gasteiger partial charge in [-0.15, -0.1) is 0 Å². The van der Waals surface area contributed by atoms with Crippen molar-refractivity contribution in [1.29, 1.82) is 0 Å². The van der Waals surface area contributed by atoms with Gasteiger partial charge >= 0.3 is 0 Å². The summed E-state index contributed by atoms with van der Waals surface area (Å²) in [6.45, 7) is 5.76. The summed E-state index contributed by atoms with van der Waals surface area (Å²) in [7, 11) is 3.56. The number of ether oxygens (including phenoxy) is 1. The van der Waals surface area contributed by atoms with Crippen molar-refractivity contribution in [3.05, 3.63) is 47.9 Å². The van der Waals surface area contributed by atoms with Crippen molar-refractivity contribution >= 4 is 5.96 Å². The topological polar surface area (TPSA) is 66.1 Å². The SMILES string of the molecule is CN=C(NCCCCc1ccc(OC)cc1)N1CCN(Cc2ccon2)CC1. The molecule has 0 unspecified atom stereocenters. The van der Waals surface area contributed by atoms with E-state index in [4.69, 9.17) is 9.26 Å². The van der Waals surface area contributed by atoms with Gasteiger partial charge in [-0.25, -0.2) is 0 Å². The van der Waals surface area contributed by atoms with E-state index in [1.54, 1.807) is 13.4 Å². The molecule has 1 aliphatic rings. The number of nitrogens with one attached hydrogen (secondary N) is 1. The average Bonchev–Trinajstić information content (AvgIpc) is 3.25. The Balaban J connectivity index is 1.32. The van der Waals surface area contributed by atoms with Crippen molar-refractivity contribution < 1.29 is 9.26 Å². The first-order valence-electron chi connectivity index (χ1n) is 9.98. The van der Waals surface area contributed by atoms with Gasteiger partial charge in [0.2, 0.25) is 0 Å². The lowest BCUT2D eigenvalue weighted by molar-refractivity contribution is 0.169. The first-order valence-corrected chi connectivity index (χ1v) is 9.98. The van der Waals surface area contributed by atoms with E-state index in [0.29, 0.717) is 0 Å². The Morgan fingerprint density at radius 1 is 1.14 bits per heavy atom. The lowest BCUT2D eigenvalue weighted by Crippen LogP contribution is -2.52. The van der Waals surface area contributed by atoms with Gasteiger partial charge in [-0.05, 0) is 37.0 Å². The minimum atomic E-state index is 0.849. The van der Waals surface area contributed by atoms with E-state index in [1.165, 1.54) is 5.56 Å². The number of rotatable bonds is 8. The molecule has 1 aromatic heterocycles. The van der Waals surface area contributed by atoms with Gasteiger partial charge < -0.3 is 19.5 Å². The number of hydrogen-bond acceptors (Lipinski definition) is 5. The van der Waals surface area contributed by atoms with Crippen molar-refractivity contribution in [2.75, 3.05) is 46.9 Å². The number of aliphatic imine (C=N–C) groups is 1. The molecular formula is C21H31N5O2. The molecule has 1 N–H and O–H groups in total. The highest BCUT2D eigenvalue weighted by Gasteiger charge is 2.20. The molecule has 1 fully saturated rings. The fourth-order valence-electron chi connectivity index (χ4n) is 3.44. The van der Waals surface area contributed by atoms with E-state index in [0.717, 1.165) is 75.9 Å². The summed E-state index contributed by atoms with van der Waals surface area (Å²) in [6.07, 6.45) is 5.00. The van der Waals surface area contributed by atoms with Gasteiger partial charge in [0.15, 0.2) is 5.96 Å². The molecule has 2 heterocycles. The Morgan fingerprint density at radius 2 is 1.93 bits per heavy atom. The molecule has 7 nitrogen and oxygen atoms in total. The van der Waals surface area contributed by atoms with Gasteiger partial charge in [-0.1, -0.05) is 17.3 Å². The van der Waals surface area contributed by atoms with Crippen LogP contribution in [0.2, 0.25) is 0 Å². The van der Waals surface area contributed by atoms with Crippen LogP contribution in [0.3, 0.4) is 0 Å². The minimum absolute atomic E-state index is 0.849. The summed E-state index contributed by atoms with van der Waals surface area (Å²) in [5, 5.41) is 7.51. The van der Waals surface area contributed by atoms with Gasteiger partial charge in [0.25, 0.3) is 0 Å². The molecule has 0 aliphatic carbocycles. The largest absolute Gasteiger partial charge is 0.497 e. The fourth-order valence-corrected chi connectivity index (χ4v) is 3.44. The highest BCUT2D eigenvalue weighted by Crippen LogP contribution is 2.13. The molecule has 7 heteroatoms. The molecule has 2 aromatic rings. The number of guanidine groups is 1. The zero-order valence-electron chi connectivity index (χ0n) is 16.9. The Labute approximate surface area is 167 Å². The first-order chi connectivity index (χ1) is 13.8. The van der Waals surface area contributed by atoms with Crippen molar-refractivity contribution in [3.8, 4) is 5.75 Å². The molecule has 1 aromatic carbocycles.